The fraction of sp³-hybridized carbons (Fsp3) is 0.0556. The molecule has 3 rings (SSSR count). The first kappa shape index (κ1) is 17.5. The number of para-hydroxylation sites is 1. The smallest absolute Gasteiger partial charge is 0.343 e. The summed E-state index contributed by atoms with van der Waals surface area (Å²) in [6, 6.07) is 12.3. The fourth-order valence-corrected chi connectivity index (χ4v) is 2.56. The zero-order valence-corrected chi connectivity index (χ0v) is 13.8. The molecule has 0 unspecified atom stereocenters. The molecule has 0 spiro atoms. The summed E-state index contributed by atoms with van der Waals surface area (Å²) < 4.78 is 23.8. The van der Waals surface area contributed by atoms with E-state index in [1.807, 2.05) is 6.07 Å². The van der Waals surface area contributed by atoms with Crippen LogP contribution in [-0.2, 0) is 9.53 Å². The lowest BCUT2D eigenvalue weighted by atomic mass is 10.2. The van der Waals surface area contributed by atoms with Crippen molar-refractivity contribution in [3.63, 3.8) is 0 Å². The number of hydrogen-bond acceptors (Lipinski definition) is 5. The average molecular weight is 373 g/mol. The van der Waals surface area contributed by atoms with Gasteiger partial charge in [-0.05, 0) is 24.3 Å². The molecular weight excluding hydrogens is 363 g/mol. The lowest BCUT2D eigenvalue weighted by molar-refractivity contribution is -0.119. The van der Waals surface area contributed by atoms with Crippen LogP contribution in [0.4, 0.5) is 10.1 Å². The van der Waals surface area contributed by atoms with Crippen molar-refractivity contribution >= 4 is 40.1 Å². The quantitative estimate of drug-likeness (QED) is 0.701. The van der Waals surface area contributed by atoms with Crippen LogP contribution in [0.1, 0.15) is 16.1 Å². The zero-order chi connectivity index (χ0) is 18.7. The Labute approximate surface area is 151 Å². The SMILES string of the molecule is N#Cc1oc2ccccc2c1NC(=O)COC(=O)c1c(F)cccc1Cl. The minimum absolute atomic E-state index is 0.0805. The molecule has 8 heteroatoms. The van der Waals surface area contributed by atoms with E-state index in [2.05, 4.69) is 5.32 Å². The van der Waals surface area contributed by atoms with E-state index in [1.165, 1.54) is 12.1 Å². The van der Waals surface area contributed by atoms with Crippen molar-refractivity contribution < 1.29 is 23.1 Å². The second kappa shape index (κ2) is 7.25. The highest BCUT2D eigenvalue weighted by Crippen LogP contribution is 2.30. The molecule has 0 radical (unpaired) electrons. The van der Waals surface area contributed by atoms with Gasteiger partial charge in [0.2, 0.25) is 5.76 Å². The van der Waals surface area contributed by atoms with Crippen LogP contribution in [0.15, 0.2) is 46.9 Å². The Kier molecular flexibility index (Phi) is 4.87. The summed E-state index contributed by atoms with van der Waals surface area (Å²) in [6.07, 6.45) is 0. The highest BCUT2D eigenvalue weighted by atomic mass is 35.5. The monoisotopic (exact) mass is 372 g/mol. The molecule has 1 heterocycles. The predicted molar refractivity (Wildman–Crippen MR) is 91.3 cm³/mol. The molecule has 0 atom stereocenters. The number of ether oxygens (including phenoxy) is 1. The minimum atomic E-state index is -1.07. The summed E-state index contributed by atoms with van der Waals surface area (Å²) in [5.74, 6) is -2.71. The Balaban J connectivity index is 1.72. The van der Waals surface area contributed by atoms with Gasteiger partial charge in [0.05, 0.1) is 5.02 Å². The minimum Gasteiger partial charge on any atom is -0.452 e. The van der Waals surface area contributed by atoms with E-state index in [1.54, 1.807) is 24.3 Å². The van der Waals surface area contributed by atoms with E-state index in [-0.39, 0.29) is 16.5 Å². The van der Waals surface area contributed by atoms with Gasteiger partial charge < -0.3 is 14.5 Å². The van der Waals surface area contributed by atoms with Gasteiger partial charge in [-0.1, -0.05) is 29.8 Å². The van der Waals surface area contributed by atoms with Gasteiger partial charge in [0, 0.05) is 5.39 Å². The summed E-state index contributed by atoms with van der Waals surface area (Å²) in [6.45, 7) is -0.687. The molecule has 1 aromatic heterocycles. The number of benzene rings is 2. The van der Waals surface area contributed by atoms with Crippen LogP contribution >= 0.6 is 11.6 Å². The molecule has 1 amide bonds. The van der Waals surface area contributed by atoms with Crippen molar-refractivity contribution in [1.29, 1.82) is 5.26 Å². The molecular formula is C18H10ClFN2O4. The first-order chi connectivity index (χ1) is 12.5. The highest BCUT2D eigenvalue weighted by molar-refractivity contribution is 6.33. The third-order valence-corrected chi connectivity index (χ3v) is 3.78. The van der Waals surface area contributed by atoms with E-state index in [0.717, 1.165) is 6.07 Å². The highest BCUT2D eigenvalue weighted by Gasteiger charge is 2.20. The third kappa shape index (κ3) is 3.36. The number of rotatable bonds is 4. The topological polar surface area (TPSA) is 92.3 Å². The Hall–Kier alpha value is -3.37. The molecule has 3 aromatic rings. The number of furan rings is 1. The van der Waals surface area contributed by atoms with Crippen molar-refractivity contribution in [3.05, 3.63) is 64.6 Å². The van der Waals surface area contributed by atoms with Gasteiger partial charge in [-0.15, -0.1) is 0 Å². The van der Waals surface area contributed by atoms with Gasteiger partial charge in [0.25, 0.3) is 5.91 Å². The van der Waals surface area contributed by atoms with E-state index in [0.29, 0.717) is 11.0 Å². The predicted octanol–water partition coefficient (Wildman–Crippen LogP) is 3.89. The fourth-order valence-electron chi connectivity index (χ4n) is 2.32. The molecule has 130 valence electrons. The van der Waals surface area contributed by atoms with E-state index in [9.17, 15) is 14.0 Å². The van der Waals surface area contributed by atoms with Crippen LogP contribution in [0.3, 0.4) is 0 Å². The number of esters is 1. The molecule has 1 N–H and O–H groups in total. The largest absolute Gasteiger partial charge is 0.452 e. The van der Waals surface area contributed by atoms with Gasteiger partial charge in [-0.2, -0.15) is 5.26 Å². The standard InChI is InChI=1S/C18H10ClFN2O4/c19-11-5-3-6-12(20)16(11)18(24)25-9-15(23)22-17-10-4-1-2-7-13(10)26-14(17)8-21/h1-7H,9H2,(H,22,23). The number of halogens is 2. The van der Waals surface area contributed by atoms with Crippen LogP contribution in [0.2, 0.25) is 5.02 Å². The van der Waals surface area contributed by atoms with E-state index >= 15 is 0 Å². The Morgan fingerprint density at radius 2 is 2.00 bits per heavy atom. The van der Waals surface area contributed by atoms with Gasteiger partial charge in [-0.25, -0.2) is 9.18 Å². The van der Waals surface area contributed by atoms with Gasteiger partial charge in [0.1, 0.15) is 28.7 Å². The maximum absolute atomic E-state index is 13.7. The summed E-state index contributed by atoms with van der Waals surface area (Å²) in [4.78, 5) is 24.0. The number of amides is 1. The summed E-state index contributed by atoms with van der Waals surface area (Å²) in [7, 11) is 0. The maximum Gasteiger partial charge on any atom is 0.343 e. The Morgan fingerprint density at radius 3 is 2.73 bits per heavy atom. The number of nitrogens with one attached hydrogen (secondary N) is 1. The van der Waals surface area contributed by atoms with Crippen molar-refractivity contribution in [2.24, 2.45) is 0 Å². The van der Waals surface area contributed by atoms with Crippen molar-refractivity contribution in [2.75, 3.05) is 11.9 Å². The summed E-state index contributed by atoms with van der Waals surface area (Å²) in [5.41, 5.74) is 0.149. The molecule has 0 saturated heterocycles. The van der Waals surface area contributed by atoms with Crippen LogP contribution in [0.5, 0.6) is 0 Å². The molecule has 6 nitrogen and oxygen atoms in total. The molecule has 26 heavy (non-hydrogen) atoms. The van der Waals surface area contributed by atoms with Crippen molar-refractivity contribution in [2.45, 2.75) is 0 Å². The molecule has 0 saturated carbocycles. The second-order valence-corrected chi connectivity index (χ2v) is 5.54. The van der Waals surface area contributed by atoms with Gasteiger partial charge in [0.15, 0.2) is 6.61 Å². The Bertz CT molecular complexity index is 1030. The molecule has 2 aromatic carbocycles. The zero-order valence-electron chi connectivity index (χ0n) is 13.1. The van der Waals surface area contributed by atoms with Crippen molar-refractivity contribution in [1.82, 2.24) is 0 Å². The molecule has 0 aliphatic carbocycles. The molecule has 0 aliphatic heterocycles. The van der Waals surface area contributed by atoms with Gasteiger partial charge >= 0.3 is 5.97 Å². The van der Waals surface area contributed by atoms with Crippen LogP contribution in [0, 0.1) is 17.1 Å². The number of nitrogens with zero attached hydrogens (tertiary/aromatic N) is 1. The van der Waals surface area contributed by atoms with Crippen LogP contribution in [-0.4, -0.2) is 18.5 Å². The number of nitriles is 1. The number of carbonyl (C=O) groups excluding carboxylic acids is 2. The number of hydrogen-bond donors (Lipinski definition) is 1. The number of carbonyl (C=O) groups is 2. The summed E-state index contributed by atoms with van der Waals surface area (Å²) in [5, 5.41) is 12.0. The first-order valence-corrected chi connectivity index (χ1v) is 7.71. The van der Waals surface area contributed by atoms with Crippen molar-refractivity contribution in [3.8, 4) is 6.07 Å². The molecule has 0 aliphatic rings. The first-order valence-electron chi connectivity index (χ1n) is 7.34. The number of fused-ring (bicyclic) bond motifs is 1. The lowest BCUT2D eigenvalue weighted by Crippen LogP contribution is -2.21. The van der Waals surface area contributed by atoms with Crippen LogP contribution in [0.25, 0.3) is 11.0 Å². The van der Waals surface area contributed by atoms with E-state index in [4.69, 9.17) is 26.0 Å². The lowest BCUT2D eigenvalue weighted by Gasteiger charge is -2.07. The molecule has 0 fully saturated rings. The maximum atomic E-state index is 13.7. The van der Waals surface area contributed by atoms with E-state index < -0.39 is 29.9 Å². The van der Waals surface area contributed by atoms with Crippen LogP contribution < -0.4 is 5.32 Å². The van der Waals surface area contributed by atoms with Gasteiger partial charge in [-0.3, -0.25) is 4.79 Å². The third-order valence-electron chi connectivity index (χ3n) is 3.46. The normalized spacial score (nSPS) is 10.3. The average Bonchev–Trinajstić information content (AvgIpc) is 2.97. The summed E-state index contributed by atoms with van der Waals surface area (Å²) >= 11 is 5.77. The molecule has 0 bridgehead atoms. The second-order valence-electron chi connectivity index (χ2n) is 5.14. The Morgan fingerprint density at radius 1 is 1.23 bits per heavy atom. The number of anilines is 1.